The third-order valence-corrected chi connectivity index (χ3v) is 5.30. The molecule has 6 nitrogen and oxygen atoms in total. The molecule has 0 bridgehead atoms. The van der Waals surface area contributed by atoms with E-state index >= 15 is 0 Å². The van der Waals surface area contributed by atoms with Gasteiger partial charge in [-0.25, -0.2) is 19.4 Å². The van der Waals surface area contributed by atoms with Crippen LogP contribution in [0.5, 0.6) is 0 Å². The number of halogens is 1. The van der Waals surface area contributed by atoms with Crippen molar-refractivity contribution in [2.24, 2.45) is 0 Å². The molecule has 7 heteroatoms. The summed E-state index contributed by atoms with van der Waals surface area (Å²) in [6.45, 7) is 3.86. The minimum absolute atomic E-state index is 0.154. The van der Waals surface area contributed by atoms with Crippen molar-refractivity contribution in [2.75, 3.05) is 0 Å². The molecular formula is C24H17ClN4O2. The van der Waals surface area contributed by atoms with Gasteiger partial charge in [-0.15, -0.1) is 0 Å². The lowest BCUT2D eigenvalue weighted by Crippen LogP contribution is -2.08. The first-order chi connectivity index (χ1) is 15.0. The topological polar surface area (TPSA) is 73.8 Å². The quantitative estimate of drug-likeness (QED) is 0.386. The number of pyridine rings is 1. The van der Waals surface area contributed by atoms with E-state index in [1.165, 1.54) is 0 Å². The third-order valence-electron chi connectivity index (χ3n) is 5.01. The van der Waals surface area contributed by atoms with Crippen molar-refractivity contribution in [3.63, 3.8) is 0 Å². The summed E-state index contributed by atoms with van der Waals surface area (Å²) in [5, 5.41) is 5.57. The van der Waals surface area contributed by atoms with Crippen molar-refractivity contribution in [2.45, 2.75) is 13.8 Å². The molecule has 3 heterocycles. The second-order valence-corrected chi connectivity index (χ2v) is 7.69. The second-order valence-electron chi connectivity index (χ2n) is 7.29. The fourth-order valence-electron chi connectivity index (χ4n) is 3.62. The van der Waals surface area contributed by atoms with Gasteiger partial charge in [0, 0.05) is 11.8 Å². The molecule has 0 radical (unpaired) electrons. The maximum Gasteiger partial charge on any atom is 0.347 e. The van der Waals surface area contributed by atoms with Crippen LogP contribution in [-0.4, -0.2) is 19.7 Å². The second kappa shape index (κ2) is 7.49. The fourth-order valence-corrected chi connectivity index (χ4v) is 3.82. The zero-order valence-corrected chi connectivity index (χ0v) is 17.6. The predicted molar refractivity (Wildman–Crippen MR) is 121 cm³/mol. The summed E-state index contributed by atoms with van der Waals surface area (Å²) < 4.78 is 7.20. The lowest BCUT2D eigenvalue weighted by Gasteiger charge is -2.08. The molecule has 0 N–H and O–H groups in total. The highest BCUT2D eigenvalue weighted by atomic mass is 35.5. The number of hydrogen-bond donors (Lipinski definition) is 0. The van der Waals surface area contributed by atoms with E-state index in [0.29, 0.717) is 33.1 Å². The van der Waals surface area contributed by atoms with Crippen LogP contribution in [0.25, 0.3) is 39.6 Å². The number of nitrogens with zero attached hydrogens (tertiary/aromatic N) is 4. The van der Waals surface area contributed by atoms with Crippen LogP contribution in [0.15, 0.2) is 76.1 Å². The Labute approximate surface area is 182 Å². The Balaban J connectivity index is 1.80. The van der Waals surface area contributed by atoms with Crippen molar-refractivity contribution in [1.29, 1.82) is 0 Å². The smallest absolute Gasteiger partial charge is 0.347 e. The summed E-state index contributed by atoms with van der Waals surface area (Å²) in [5.41, 5.74) is 4.09. The number of aromatic nitrogens is 4. The molecule has 0 amide bonds. The summed E-state index contributed by atoms with van der Waals surface area (Å²) in [4.78, 5) is 21.8. The van der Waals surface area contributed by atoms with E-state index in [2.05, 4.69) is 9.97 Å². The maximum absolute atomic E-state index is 12.8. The highest BCUT2D eigenvalue weighted by molar-refractivity contribution is 6.32. The molecule has 3 aromatic heterocycles. The van der Waals surface area contributed by atoms with Crippen molar-refractivity contribution in [1.82, 2.24) is 19.7 Å². The van der Waals surface area contributed by atoms with Gasteiger partial charge in [0.25, 0.3) is 0 Å². The molecule has 0 aliphatic rings. The van der Waals surface area contributed by atoms with Crippen molar-refractivity contribution >= 4 is 22.5 Å². The van der Waals surface area contributed by atoms with E-state index in [4.69, 9.17) is 21.1 Å². The number of aryl methyl sites for hydroxylation is 2. The Hall–Kier alpha value is -3.77. The summed E-state index contributed by atoms with van der Waals surface area (Å²) in [5.74, 6) is 0.576. The van der Waals surface area contributed by atoms with Gasteiger partial charge in [-0.05, 0) is 49.2 Å². The van der Waals surface area contributed by atoms with E-state index in [-0.39, 0.29) is 5.89 Å². The predicted octanol–water partition coefficient (Wildman–Crippen LogP) is 5.37. The minimum atomic E-state index is -0.451. The molecule has 152 valence electrons. The summed E-state index contributed by atoms with van der Waals surface area (Å²) in [6, 6.07) is 18.8. The molecule has 0 aliphatic carbocycles. The maximum atomic E-state index is 12.8. The van der Waals surface area contributed by atoms with E-state index < -0.39 is 5.63 Å². The SMILES string of the molecule is Cc1cc(C)c2nc(-c3cc(-c4ccccc4)nn3-c3ncccc3Cl)oc(=O)c2c1. The van der Waals surface area contributed by atoms with Crippen molar-refractivity contribution in [3.8, 4) is 28.7 Å². The van der Waals surface area contributed by atoms with Crippen LogP contribution in [0.1, 0.15) is 11.1 Å². The molecule has 2 aromatic carbocycles. The van der Waals surface area contributed by atoms with Crippen LogP contribution >= 0.6 is 11.6 Å². The average molecular weight is 429 g/mol. The van der Waals surface area contributed by atoms with Crippen LogP contribution in [0.2, 0.25) is 5.02 Å². The Kier molecular flexibility index (Phi) is 4.64. The number of fused-ring (bicyclic) bond motifs is 1. The highest BCUT2D eigenvalue weighted by Gasteiger charge is 2.20. The lowest BCUT2D eigenvalue weighted by molar-refractivity contribution is 0.513. The monoisotopic (exact) mass is 428 g/mol. The zero-order chi connectivity index (χ0) is 21.5. The average Bonchev–Trinajstić information content (AvgIpc) is 3.20. The molecule has 0 saturated carbocycles. The van der Waals surface area contributed by atoms with E-state index in [9.17, 15) is 4.79 Å². The van der Waals surface area contributed by atoms with E-state index in [1.807, 2.05) is 56.3 Å². The van der Waals surface area contributed by atoms with Gasteiger partial charge in [-0.1, -0.05) is 48.0 Å². The molecule has 0 fully saturated rings. The molecule has 0 unspecified atom stereocenters. The van der Waals surface area contributed by atoms with Gasteiger partial charge >= 0.3 is 5.63 Å². The van der Waals surface area contributed by atoms with Crippen LogP contribution in [0.4, 0.5) is 0 Å². The Morgan fingerprint density at radius 1 is 1.00 bits per heavy atom. The van der Waals surface area contributed by atoms with Gasteiger partial charge in [0.2, 0.25) is 5.89 Å². The Bertz CT molecular complexity index is 1490. The summed E-state index contributed by atoms with van der Waals surface area (Å²) in [7, 11) is 0. The molecular weight excluding hydrogens is 412 g/mol. The Morgan fingerprint density at radius 2 is 1.81 bits per heavy atom. The van der Waals surface area contributed by atoms with Gasteiger partial charge < -0.3 is 4.42 Å². The van der Waals surface area contributed by atoms with Gasteiger partial charge in [-0.3, -0.25) is 0 Å². The molecule has 0 atom stereocenters. The zero-order valence-electron chi connectivity index (χ0n) is 16.8. The number of hydrogen-bond acceptors (Lipinski definition) is 5. The molecule has 0 saturated heterocycles. The molecule has 31 heavy (non-hydrogen) atoms. The summed E-state index contributed by atoms with van der Waals surface area (Å²) in [6.07, 6.45) is 1.63. The molecule has 0 aliphatic heterocycles. The fraction of sp³-hybridized carbons (Fsp3) is 0.0833. The van der Waals surface area contributed by atoms with Gasteiger partial charge in [0.15, 0.2) is 5.82 Å². The number of rotatable bonds is 3. The van der Waals surface area contributed by atoms with Crippen molar-refractivity contribution in [3.05, 3.63) is 93.4 Å². The lowest BCUT2D eigenvalue weighted by atomic mass is 10.1. The van der Waals surface area contributed by atoms with Crippen molar-refractivity contribution < 1.29 is 4.42 Å². The first-order valence-corrected chi connectivity index (χ1v) is 10.1. The largest absolute Gasteiger partial charge is 0.401 e. The first kappa shape index (κ1) is 19.2. The normalized spacial score (nSPS) is 11.2. The van der Waals surface area contributed by atoms with Gasteiger partial charge in [-0.2, -0.15) is 5.10 Å². The van der Waals surface area contributed by atoms with Gasteiger partial charge in [0.1, 0.15) is 5.69 Å². The van der Waals surface area contributed by atoms with Crippen LogP contribution in [0.3, 0.4) is 0 Å². The highest BCUT2D eigenvalue weighted by Crippen LogP contribution is 2.30. The van der Waals surface area contributed by atoms with E-state index in [0.717, 1.165) is 16.7 Å². The van der Waals surface area contributed by atoms with Gasteiger partial charge in [0.05, 0.1) is 21.6 Å². The first-order valence-electron chi connectivity index (χ1n) is 9.70. The third kappa shape index (κ3) is 3.41. The standard InChI is InChI=1S/C24H17ClN4O2/c1-14-11-15(2)21-17(12-14)24(30)31-23(27-21)20-13-19(16-7-4-3-5-8-16)28-29(20)22-18(25)9-6-10-26-22/h3-13H,1-2H3. The van der Waals surface area contributed by atoms with Crippen LogP contribution in [-0.2, 0) is 0 Å². The van der Waals surface area contributed by atoms with Crippen LogP contribution < -0.4 is 5.63 Å². The van der Waals surface area contributed by atoms with E-state index in [1.54, 1.807) is 29.1 Å². The molecule has 0 spiro atoms. The minimum Gasteiger partial charge on any atom is -0.401 e. The Morgan fingerprint density at radius 3 is 2.58 bits per heavy atom. The summed E-state index contributed by atoms with van der Waals surface area (Å²) >= 11 is 6.41. The van der Waals surface area contributed by atoms with Crippen LogP contribution in [0, 0.1) is 13.8 Å². The number of benzene rings is 2. The molecule has 5 rings (SSSR count). The molecule has 5 aromatic rings.